The largest absolute Gasteiger partial charge is 0.382 e. The van der Waals surface area contributed by atoms with Crippen LogP contribution in [0.5, 0.6) is 0 Å². The van der Waals surface area contributed by atoms with Gasteiger partial charge in [0.05, 0.1) is 11.3 Å². The number of pyridine rings is 1. The molecule has 2 rings (SSSR count). The second-order valence-corrected chi connectivity index (χ2v) is 4.30. The third-order valence-electron chi connectivity index (χ3n) is 2.44. The predicted molar refractivity (Wildman–Crippen MR) is 70.9 cm³/mol. The Kier molecular flexibility index (Phi) is 5.34. The molecule has 0 atom stereocenters. The minimum Gasteiger partial charge on any atom is -0.382 e. The molecule has 1 fully saturated rings. The first-order valence-electron chi connectivity index (χ1n) is 5.47. The maximum Gasteiger partial charge on any atom is 0.255 e. The Morgan fingerprint density at radius 2 is 2.28 bits per heavy atom. The molecule has 2 N–H and O–H groups in total. The number of halogens is 2. The Bertz CT molecular complexity index is 424. The maximum absolute atomic E-state index is 12.1. The second-order valence-electron chi connectivity index (χ2n) is 3.92. The molecule has 0 aliphatic heterocycles. The van der Waals surface area contributed by atoms with Crippen molar-refractivity contribution in [3.05, 3.63) is 23.0 Å². The van der Waals surface area contributed by atoms with E-state index in [0.29, 0.717) is 11.3 Å². The van der Waals surface area contributed by atoms with E-state index in [9.17, 15) is 9.18 Å². The maximum atomic E-state index is 12.1. The molecular weight excluding hydrogens is 257 g/mol. The van der Waals surface area contributed by atoms with E-state index >= 15 is 0 Å². The van der Waals surface area contributed by atoms with Crippen LogP contribution in [0.3, 0.4) is 0 Å². The van der Waals surface area contributed by atoms with Gasteiger partial charge in [-0.05, 0) is 18.9 Å². The van der Waals surface area contributed by atoms with Gasteiger partial charge < -0.3 is 10.6 Å². The van der Waals surface area contributed by atoms with Gasteiger partial charge in [0, 0.05) is 18.8 Å². The van der Waals surface area contributed by atoms with Crippen LogP contribution in [0.1, 0.15) is 30.6 Å². The average molecular weight is 274 g/mol. The molecule has 1 amide bonds. The number of hydrogen-bond acceptors (Lipinski definition) is 3. The molecule has 4 nitrogen and oxygen atoms in total. The van der Waals surface area contributed by atoms with Crippen molar-refractivity contribution in [3.8, 4) is 0 Å². The monoisotopic (exact) mass is 273 g/mol. The summed E-state index contributed by atoms with van der Waals surface area (Å²) in [5.41, 5.74) is 0.913. The summed E-state index contributed by atoms with van der Waals surface area (Å²) in [5, 5.41) is 5.94. The minimum absolute atomic E-state index is 0. The fraction of sp³-hybridized carbons (Fsp3) is 0.500. The molecule has 0 unspecified atom stereocenters. The van der Waals surface area contributed by atoms with Gasteiger partial charge in [0.15, 0.2) is 0 Å². The number of nitrogens with zero attached hydrogens (tertiary/aromatic N) is 1. The van der Waals surface area contributed by atoms with Gasteiger partial charge in [-0.2, -0.15) is 0 Å². The smallest absolute Gasteiger partial charge is 0.255 e. The van der Waals surface area contributed by atoms with Crippen molar-refractivity contribution in [2.24, 2.45) is 0 Å². The summed E-state index contributed by atoms with van der Waals surface area (Å²) < 4.78 is 12.1. The Morgan fingerprint density at radius 1 is 1.56 bits per heavy atom. The lowest BCUT2D eigenvalue weighted by Crippen LogP contribution is -2.26. The highest BCUT2D eigenvalue weighted by Crippen LogP contribution is 2.22. The lowest BCUT2D eigenvalue weighted by Gasteiger charge is -2.10. The molecule has 100 valence electrons. The minimum atomic E-state index is -0.510. The number of amides is 1. The fourth-order valence-corrected chi connectivity index (χ4v) is 1.59. The first-order valence-corrected chi connectivity index (χ1v) is 5.84. The van der Waals surface area contributed by atoms with E-state index in [1.165, 1.54) is 12.3 Å². The quantitative estimate of drug-likeness (QED) is 0.811. The number of aromatic nitrogens is 1. The van der Waals surface area contributed by atoms with Crippen LogP contribution in [0.15, 0.2) is 12.3 Å². The van der Waals surface area contributed by atoms with Gasteiger partial charge in [0.2, 0.25) is 0 Å². The van der Waals surface area contributed by atoms with E-state index in [0.717, 1.165) is 12.8 Å². The second kappa shape index (κ2) is 6.54. The summed E-state index contributed by atoms with van der Waals surface area (Å²) in [5.74, 6) is -0.196. The van der Waals surface area contributed by atoms with Gasteiger partial charge in [0.1, 0.15) is 11.8 Å². The molecule has 1 aliphatic rings. The van der Waals surface area contributed by atoms with Crippen molar-refractivity contribution in [2.45, 2.75) is 26.3 Å². The lowest BCUT2D eigenvalue weighted by molar-refractivity contribution is 0.0951. The molecule has 0 aromatic carbocycles. The molecule has 6 heteroatoms. The third-order valence-corrected chi connectivity index (χ3v) is 2.64. The van der Waals surface area contributed by atoms with E-state index in [1.54, 1.807) is 0 Å². The molecule has 1 saturated carbocycles. The molecular formula is C12H17ClFN3O. The number of hydrogen-bond donors (Lipinski definition) is 2. The van der Waals surface area contributed by atoms with Crippen molar-refractivity contribution in [2.75, 3.05) is 18.5 Å². The molecule has 0 radical (unpaired) electrons. The Balaban J connectivity index is 0.00000162. The number of rotatable bonds is 5. The standard InChI is InChI=1S/C11H13ClFN3O.CH4/c12-10-5-9(14-4-3-13)8(6-15-10)11(17)16-7-1-2-7;/h5-7H,1-4H2,(H,14,15)(H,16,17);1H4. The van der Waals surface area contributed by atoms with E-state index in [1.807, 2.05) is 0 Å². The SMILES string of the molecule is C.O=C(NC1CC1)c1cnc(Cl)cc1NCCF. The predicted octanol–water partition coefficient (Wildman–Crippen LogP) is 2.64. The van der Waals surface area contributed by atoms with Crippen LogP contribution >= 0.6 is 11.6 Å². The topological polar surface area (TPSA) is 54.0 Å². The normalized spacial score (nSPS) is 13.7. The van der Waals surface area contributed by atoms with Gasteiger partial charge in [-0.25, -0.2) is 9.37 Å². The number of anilines is 1. The number of carbonyl (C=O) groups is 1. The summed E-state index contributed by atoms with van der Waals surface area (Å²) in [4.78, 5) is 15.7. The van der Waals surface area contributed by atoms with Crippen LogP contribution < -0.4 is 10.6 Å². The molecule has 1 aromatic heterocycles. The first-order chi connectivity index (χ1) is 8.20. The highest BCUT2D eigenvalue weighted by atomic mass is 35.5. The Labute approximate surface area is 111 Å². The highest BCUT2D eigenvalue weighted by Gasteiger charge is 2.25. The Hall–Kier alpha value is -1.36. The summed E-state index contributed by atoms with van der Waals surface area (Å²) in [6, 6.07) is 1.80. The van der Waals surface area contributed by atoms with Crippen LogP contribution in [-0.4, -0.2) is 30.2 Å². The van der Waals surface area contributed by atoms with Crippen molar-refractivity contribution in [3.63, 3.8) is 0 Å². The van der Waals surface area contributed by atoms with Crippen LogP contribution in [-0.2, 0) is 0 Å². The average Bonchev–Trinajstić information content (AvgIpc) is 3.10. The van der Waals surface area contributed by atoms with Crippen LogP contribution in [0, 0.1) is 0 Å². The molecule has 0 spiro atoms. The highest BCUT2D eigenvalue weighted by molar-refractivity contribution is 6.29. The summed E-state index contributed by atoms with van der Waals surface area (Å²) in [7, 11) is 0. The summed E-state index contributed by atoms with van der Waals surface area (Å²) in [6.45, 7) is -0.367. The van der Waals surface area contributed by atoms with Crippen LogP contribution in [0.2, 0.25) is 5.15 Å². The molecule has 1 aromatic rings. The zero-order chi connectivity index (χ0) is 12.3. The number of alkyl halides is 1. The molecule has 0 saturated heterocycles. The number of carbonyl (C=O) groups excluding carboxylic acids is 1. The zero-order valence-electron chi connectivity index (χ0n) is 9.17. The summed E-state index contributed by atoms with van der Waals surface area (Å²) >= 11 is 5.74. The third kappa shape index (κ3) is 3.84. The molecule has 18 heavy (non-hydrogen) atoms. The van der Waals surface area contributed by atoms with E-state index < -0.39 is 6.67 Å². The van der Waals surface area contributed by atoms with E-state index in [-0.39, 0.29) is 31.1 Å². The van der Waals surface area contributed by atoms with Crippen molar-refractivity contribution in [1.29, 1.82) is 0 Å². The van der Waals surface area contributed by atoms with E-state index in [2.05, 4.69) is 15.6 Å². The fourth-order valence-electron chi connectivity index (χ4n) is 1.43. The van der Waals surface area contributed by atoms with Gasteiger partial charge >= 0.3 is 0 Å². The van der Waals surface area contributed by atoms with Gasteiger partial charge in [-0.15, -0.1) is 0 Å². The molecule has 1 aliphatic carbocycles. The number of nitrogens with one attached hydrogen (secondary N) is 2. The van der Waals surface area contributed by atoms with Crippen molar-refractivity contribution < 1.29 is 9.18 Å². The Morgan fingerprint density at radius 3 is 2.89 bits per heavy atom. The lowest BCUT2D eigenvalue weighted by atomic mass is 10.2. The molecule has 1 heterocycles. The van der Waals surface area contributed by atoms with Gasteiger partial charge in [-0.1, -0.05) is 19.0 Å². The van der Waals surface area contributed by atoms with Crippen molar-refractivity contribution >= 4 is 23.2 Å². The van der Waals surface area contributed by atoms with Crippen LogP contribution in [0.25, 0.3) is 0 Å². The van der Waals surface area contributed by atoms with Gasteiger partial charge in [-0.3, -0.25) is 4.79 Å². The van der Waals surface area contributed by atoms with E-state index in [4.69, 9.17) is 11.6 Å². The van der Waals surface area contributed by atoms with Crippen molar-refractivity contribution in [1.82, 2.24) is 10.3 Å². The first kappa shape index (κ1) is 14.7. The van der Waals surface area contributed by atoms with Gasteiger partial charge in [0.25, 0.3) is 5.91 Å². The molecule has 0 bridgehead atoms. The van der Waals surface area contributed by atoms with Crippen LogP contribution in [0.4, 0.5) is 10.1 Å². The zero-order valence-corrected chi connectivity index (χ0v) is 9.93. The summed E-state index contributed by atoms with van der Waals surface area (Å²) in [6.07, 6.45) is 3.43.